The predicted octanol–water partition coefficient (Wildman–Crippen LogP) is 4.36. The first-order valence-corrected chi connectivity index (χ1v) is 12.3. The molecule has 0 saturated heterocycles. The Labute approximate surface area is 183 Å². The fourth-order valence-electron chi connectivity index (χ4n) is 3.32. The van der Waals surface area contributed by atoms with Gasteiger partial charge in [-0.1, -0.05) is 6.42 Å². The van der Waals surface area contributed by atoms with Gasteiger partial charge in [0.1, 0.15) is 0 Å². The van der Waals surface area contributed by atoms with Crippen molar-refractivity contribution in [2.75, 3.05) is 18.4 Å². The van der Waals surface area contributed by atoms with Gasteiger partial charge in [-0.15, -0.1) is 0 Å². The Morgan fingerprint density at radius 2 is 1.37 bits per heavy atom. The third-order valence-electron chi connectivity index (χ3n) is 5.53. The largest absolute Gasteiger partial charge is 0.385 e. The average molecular weight is 440 g/mol. The second-order valence-electron chi connectivity index (χ2n) is 9.38. The van der Waals surface area contributed by atoms with Crippen LogP contribution in [0.2, 0.25) is 0 Å². The van der Waals surface area contributed by atoms with E-state index in [1.165, 1.54) is 0 Å². The SMILES string of the molecule is Cc1c(C)c(C(=O)NC(C)C)c(C)c(C)c1NCCCCCNS(=O)(=O)C(C)(C)C. The van der Waals surface area contributed by atoms with Crippen LogP contribution in [0.15, 0.2) is 0 Å². The minimum atomic E-state index is -3.27. The molecule has 0 aromatic heterocycles. The van der Waals surface area contributed by atoms with Gasteiger partial charge in [0.2, 0.25) is 10.0 Å². The summed E-state index contributed by atoms with van der Waals surface area (Å²) in [5, 5.41) is 6.53. The summed E-state index contributed by atoms with van der Waals surface area (Å²) in [6, 6.07) is 0.0996. The monoisotopic (exact) mass is 439 g/mol. The van der Waals surface area contributed by atoms with Gasteiger partial charge in [0.25, 0.3) is 5.91 Å². The molecule has 1 amide bonds. The van der Waals surface area contributed by atoms with E-state index in [2.05, 4.69) is 29.2 Å². The summed E-state index contributed by atoms with van der Waals surface area (Å²) in [7, 11) is -3.27. The minimum absolute atomic E-state index is 0.0181. The van der Waals surface area contributed by atoms with Gasteiger partial charge in [0, 0.05) is 30.4 Å². The Bertz CT molecular complexity index is 824. The zero-order chi connectivity index (χ0) is 23.3. The zero-order valence-electron chi connectivity index (χ0n) is 20.2. The third kappa shape index (κ3) is 6.71. The van der Waals surface area contributed by atoms with Crippen molar-refractivity contribution in [3.8, 4) is 0 Å². The van der Waals surface area contributed by atoms with Crippen LogP contribution in [0.3, 0.4) is 0 Å². The van der Waals surface area contributed by atoms with Gasteiger partial charge in [-0.25, -0.2) is 13.1 Å². The molecule has 0 fully saturated rings. The van der Waals surface area contributed by atoms with Gasteiger partial charge < -0.3 is 10.6 Å². The number of benzene rings is 1. The lowest BCUT2D eigenvalue weighted by atomic mass is 9.91. The van der Waals surface area contributed by atoms with E-state index in [4.69, 9.17) is 0 Å². The van der Waals surface area contributed by atoms with Crippen LogP contribution < -0.4 is 15.4 Å². The van der Waals surface area contributed by atoms with Crippen molar-refractivity contribution in [3.63, 3.8) is 0 Å². The van der Waals surface area contributed by atoms with Crippen LogP contribution in [0.1, 0.15) is 86.5 Å². The number of carbonyl (C=O) groups excluding carboxylic acids is 1. The Balaban J connectivity index is 2.66. The van der Waals surface area contributed by atoms with E-state index in [-0.39, 0.29) is 11.9 Å². The molecule has 0 aliphatic carbocycles. The van der Waals surface area contributed by atoms with Crippen LogP contribution in [0.25, 0.3) is 0 Å². The molecule has 1 aromatic rings. The Morgan fingerprint density at radius 3 is 1.83 bits per heavy atom. The average Bonchev–Trinajstić information content (AvgIpc) is 2.60. The highest BCUT2D eigenvalue weighted by atomic mass is 32.2. The van der Waals surface area contributed by atoms with E-state index in [9.17, 15) is 13.2 Å². The first-order valence-electron chi connectivity index (χ1n) is 10.8. The molecule has 7 heteroatoms. The van der Waals surface area contributed by atoms with Crippen molar-refractivity contribution in [1.29, 1.82) is 0 Å². The fraction of sp³-hybridized carbons (Fsp3) is 0.696. The number of anilines is 1. The summed E-state index contributed by atoms with van der Waals surface area (Å²) in [6.45, 7) is 18.4. The van der Waals surface area contributed by atoms with Gasteiger partial charge in [0.05, 0.1) is 4.75 Å². The third-order valence-corrected chi connectivity index (χ3v) is 7.72. The van der Waals surface area contributed by atoms with Gasteiger partial charge in [-0.3, -0.25) is 4.79 Å². The summed E-state index contributed by atoms with van der Waals surface area (Å²) in [4.78, 5) is 12.6. The van der Waals surface area contributed by atoms with Gasteiger partial charge >= 0.3 is 0 Å². The highest BCUT2D eigenvalue weighted by molar-refractivity contribution is 7.90. The number of hydrogen-bond donors (Lipinski definition) is 3. The van der Waals surface area contributed by atoms with Crippen LogP contribution in [-0.2, 0) is 10.0 Å². The summed E-state index contributed by atoms with van der Waals surface area (Å²) in [5.74, 6) is -0.0181. The number of nitrogens with one attached hydrogen (secondary N) is 3. The number of amides is 1. The molecule has 3 N–H and O–H groups in total. The summed E-state index contributed by atoms with van der Waals surface area (Å²) in [5.41, 5.74) is 6.09. The van der Waals surface area contributed by atoms with Crippen LogP contribution >= 0.6 is 0 Å². The van der Waals surface area contributed by atoms with Crippen LogP contribution in [-0.4, -0.2) is 38.2 Å². The Hall–Kier alpha value is -1.60. The molecule has 0 aliphatic rings. The number of hydrogen-bond acceptors (Lipinski definition) is 4. The quantitative estimate of drug-likeness (QED) is 0.473. The highest BCUT2D eigenvalue weighted by Gasteiger charge is 2.28. The lowest BCUT2D eigenvalue weighted by Crippen LogP contribution is -2.39. The number of carbonyl (C=O) groups is 1. The molecule has 0 saturated carbocycles. The molecule has 1 rings (SSSR count). The lowest BCUT2D eigenvalue weighted by molar-refractivity contribution is 0.0941. The molecule has 0 atom stereocenters. The molecule has 0 heterocycles. The van der Waals surface area contributed by atoms with Crippen LogP contribution in [0, 0.1) is 27.7 Å². The van der Waals surface area contributed by atoms with Crippen molar-refractivity contribution in [2.45, 2.75) is 92.4 Å². The Kier molecular flexibility index (Phi) is 9.36. The minimum Gasteiger partial charge on any atom is -0.385 e. The first kappa shape index (κ1) is 26.4. The van der Waals surface area contributed by atoms with E-state index in [1.807, 2.05) is 27.7 Å². The van der Waals surface area contributed by atoms with Gasteiger partial charge in [0.15, 0.2) is 0 Å². The number of rotatable bonds is 10. The highest BCUT2D eigenvalue weighted by Crippen LogP contribution is 2.31. The molecule has 30 heavy (non-hydrogen) atoms. The Morgan fingerprint density at radius 1 is 0.867 bits per heavy atom. The van der Waals surface area contributed by atoms with E-state index in [0.29, 0.717) is 6.54 Å². The maximum absolute atomic E-state index is 12.6. The summed E-state index contributed by atoms with van der Waals surface area (Å²) >= 11 is 0. The molecule has 0 radical (unpaired) electrons. The van der Waals surface area contributed by atoms with Crippen LogP contribution in [0.4, 0.5) is 5.69 Å². The molecule has 0 unspecified atom stereocenters. The van der Waals surface area contributed by atoms with E-state index in [0.717, 1.165) is 59.3 Å². The smallest absolute Gasteiger partial charge is 0.252 e. The first-order chi connectivity index (χ1) is 13.7. The molecular weight excluding hydrogens is 398 g/mol. The van der Waals surface area contributed by atoms with Gasteiger partial charge in [-0.2, -0.15) is 0 Å². The standard InChI is InChI=1S/C23H41N3O3S/c1-15(2)26-22(27)20-16(3)18(5)21(19(6)17(20)4)24-13-11-10-12-14-25-30(28,29)23(7,8)9/h15,24-25H,10-14H2,1-9H3,(H,26,27). The summed E-state index contributed by atoms with van der Waals surface area (Å²) < 4.78 is 26.0. The van der Waals surface area contributed by atoms with Crippen molar-refractivity contribution in [1.82, 2.24) is 10.0 Å². The predicted molar refractivity (Wildman–Crippen MR) is 127 cm³/mol. The molecule has 1 aromatic carbocycles. The van der Waals surface area contributed by atoms with E-state index >= 15 is 0 Å². The molecule has 6 nitrogen and oxygen atoms in total. The van der Waals surface area contributed by atoms with Crippen molar-refractivity contribution in [2.24, 2.45) is 0 Å². The fourth-order valence-corrected chi connectivity index (χ4v) is 4.16. The molecule has 0 aliphatic heterocycles. The molecule has 0 bridgehead atoms. The second kappa shape index (κ2) is 10.6. The molecule has 0 spiro atoms. The van der Waals surface area contributed by atoms with E-state index < -0.39 is 14.8 Å². The van der Waals surface area contributed by atoms with Crippen molar-refractivity contribution < 1.29 is 13.2 Å². The van der Waals surface area contributed by atoms with Crippen LogP contribution in [0.5, 0.6) is 0 Å². The second-order valence-corrected chi connectivity index (χ2v) is 11.9. The molecule has 172 valence electrons. The number of unbranched alkanes of at least 4 members (excludes halogenated alkanes) is 2. The lowest BCUT2D eigenvalue weighted by Gasteiger charge is -2.22. The topological polar surface area (TPSA) is 87.3 Å². The maximum Gasteiger partial charge on any atom is 0.252 e. The normalized spacial score (nSPS) is 12.3. The number of sulfonamides is 1. The summed E-state index contributed by atoms with van der Waals surface area (Å²) in [6.07, 6.45) is 2.69. The van der Waals surface area contributed by atoms with Crippen molar-refractivity contribution in [3.05, 3.63) is 27.8 Å². The van der Waals surface area contributed by atoms with Crippen molar-refractivity contribution >= 4 is 21.6 Å². The van der Waals surface area contributed by atoms with E-state index in [1.54, 1.807) is 20.8 Å². The zero-order valence-corrected chi connectivity index (χ0v) is 21.1. The maximum atomic E-state index is 12.6. The molecular formula is C23H41N3O3S. The van der Waals surface area contributed by atoms with Gasteiger partial charge in [-0.05, 0) is 97.4 Å².